The lowest BCUT2D eigenvalue weighted by Gasteiger charge is -2.26. The maximum absolute atomic E-state index is 14.2. The molecule has 4 aromatic rings. The molecule has 1 aromatic heterocycles. The second-order valence-corrected chi connectivity index (χ2v) is 11.5. The quantitative estimate of drug-likeness (QED) is 0.240. The van der Waals surface area contributed by atoms with Gasteiger partial charge in [-0.3, -0.25) is 9.36 Å². The first-order valence-electron chi connectivity index (χ1n) is 13.2. The summed E-state index contributed by atoms with van der Waals surface area (Å²) in [5.74, 6) is 0.739. The number of fused-ring (bicyclic) bond motifs is 1. The third kappa shape index (κ3) is 5.92. The van der Waals surface area contributed by atoms with E-state index in [0.717, 1.165) is 15.6 Å². The predicted molar refractivity (Wildman–Crippen MR) is 164 cm³/mol. The molecule has 9 heteroatoms. The third-order valence-electron chi connectivity index (χ3n) is 6.40. The summed E-state index contributed by atoms with van der Waals surface area (Å²) in [4.78, 5) is 33.2. The van der Waals surface area contributed by atoms with Gasteiger partial charge < -0.3 is 14.2 Å². The number of halogens is 1. The fourth-order valence-corrected chi connectivity index (χ4v) is 6.07. The van der Waals surface area contributed by atoms with E-state index >= 15 is 0 Å². The summed E-state index contributed by atoms with van der Waals surface area (Å²) in [7, 11) is 1.58. The Labute approximate surface area is 250 Å². The van der Waals surface area contributed by atoms with Crippen molar-refractivity contribution in [1.82, 2.24) is 4.57 Å². The number of methoxy groups -OCH3 is 1. The van der Waals surface area contributed by atoms with Crippen LogP contribution in [0.4, 0.5) is 0 Å². The standard InChI is InChI=1S/C32H29BrN2O5S/c1-5-39-31(37)27-28(20-10-7-6-8-11-20)34-32-35(29(27)21-12-9-13-24(17-21)38-4)30(36)26(41-32)18-22-16-23(33)14-15-25(22)40-19(2)3/h6-19,29H,5H2,1-4H3/b26-18+/t29-/m1/s1. The lowest BCUT2D eigenvalue weighted by atomic mass is 9.93. The highest BCUT2D eigenvalue weighted by Crippen LogP contribution is 2.36. The Hall–Kier alpha value is -3.95. The van der Waals surface area contributed by atoms with Crippen LogP contribution in [0, 0.1) is 0 Å². The summed E-state index contributed by atoms with van der Waals surface area (Å²) in [5, 5.41) is 0. The zero-order valence-electron chi connectivity index (χ0n) is 23.1. The van der Waals surface area contributed by atoms with E-state index in [1.807, 2.05) is 92.7 Å². The molecule has 0 N–H and O–H groups in total. The SMILES string of the molecule is CCOC(=O)C1=C(c2ccccc2)N=c2s/c(=C/c3cc(Br)ccc3OC(C)C)c(=O)n2[C@@H]1c1cccc(OC)c1. The van der Waals surface area contributed by atoms with Crippen molar-refractivity contribution in [3.8, 4) is 11.5 Å². The minimum atomic E-state index is -0.786. The summed E-state index contributed by atoms with van der Waals surface area (Å²) in [5.41, 5.74) is 2.69. The molecule has 0 saturated heterocycles. The maximum Gasteiger partial charge on any atom is 0.338 e. The molecule has 0 unspecified atom stereocenters. The Morgan fingerprint density at radius 3 is 2.59 bits per heavy atom. The number of thiazole rings is 1. The molecule has 0 amide bonds. The summed E-state index contributed by atoms with van der Waals surface area (Å²) in [6.07, 6.45) is 1.77. The molecule has 0 radical (unpaired) electrons. The second-order valence-electron chi connectivity index (χ2n) is 9.56. The molecule has 2 heterocycles. The van der Waals surface area contributed by atoms with Crippen molar-refractivity contribution in [3.05, 3.63) is 119 Å². The van der Waals surface area contributed by atoms with Gasteiger partial charge in [-0.2, -0.15) is 0 Å². The van der Waals surface area contributed by atoms with E-state index in [9.17, 15) is 9.59 Å². The van der Waals surface area contributed by atoms with Crippen molar-refractivity contribution in [2.75, 3.05) is 13.7 Å². The molecule has 0 saturated carbocycles. The first-order chi connectivity index (χ1) is 19.8. The van der Waals surface area contributed by atoms with Crippen LogP contribution < -0.4 is 24.4 Å². The van der Waals surface area contributed by atoms with Crippen LogP contribution in [0.3, 0.4) is 0 Å². The van der Waals surface area contributed by atoms with Crippen molar-refractivity contribution in [1.29, 1.82) is 0 Å². The highest BCUT2D eigenvalue weighted by molar-refractivity contribution is 9.10. The van der Waals surface area contributed by atoms with Gasteiger partial charge in [0.15, 0.2) is 4.80 Å². The number of carbonyl (C=O) groups excluding carboxylic acids is 1. The van der Waals surface area contributed by atoms with Gasteiger partial charge in [-0.25, -0.2) is 9.79 Å². The fourth-order valence-electron chi connectivity index (χ4n) is 4.70. The van der Waals surface area contributed by atoms with Crippen molar-refractivity contribution in [2.24, 2.45) is 4.99 Å². The van der Waals surface area contributed by atoms with Gasteiger partial charge in [0.05, 0.1) is 41.7 Å². The number of rotatable bonds is 8. The van der Waals surface area contributed by atoms with Gasteiger partial charge in [-0.1, -0.05) is 69.7 Å². The Kier molecular flexibility index (Phi) is 8.56. The molecular weight excluding hydrogens is 604 g/mol. The molecule has 41 heavy (non-hydrogen) atoms. The van der Waals surface area contributed by atoms with Crippen LogP contribution in [0.1, 0.15) is 43.5 Å². The molecule has 0 fully saturated rings. The first-order valence-corrected chi connectivity index (χ1v) is 14.8. The number of carbonyl (C=O) groups is 1. The topological polar surface area (TPSA) is 79.1 Å². The Balaban J connectivity index is 1.83. The van der Waals surface area contributed by atoms with Crippen LogP contribution in [0.2, 0.25) is 0 Å². The minimum absolute atomic E-state index is 0.0434. The number of benzene rings is 3. The average Bonchev–Trinajstić information content (AvgIpc) is 3.28. The number of nitrogens with zero attached hydrogens (tertiary/aromatic N) is 2. The summed E-state index contributed by atoms with van der Waals surface area (Å²) >= 11 is 4.80. The van der Waals surface area contributed by atoms with E-state index in [4.69, 9.17) is 19.2 Å². The van der Waals surface area contributed by atoms with E-state index in [0.29, 0.717) is 32.1 Å². The van der Waals surface area contributed by atoms with Gasteiger partial charge in [0.1, 0.15) is 11.5 Å². The van der Waals surface area contributed by atoms with Gasteiger partial charge in [0.2, 0.25) is 0 Å². The molecule has 5 rings (SSSR count). The van der Waals surface area contributed by atoms with Gasteiger partial charge in [0.25, 0.3) is 5.56 Å². The molecule has 1 atom stereocenters. The summed E-state index contributed by atoms with van der Waals surface area (Å²) in [6.45, 7) is 5.85. The van der Waals surface area contributed by atoms with E-state index in [2.05, 4.69) is 15.9 Å². The molecular formula is C32H29BrN2O5S. The summed E-state index contributed by atoms with van der Waals surface area (Å²) < 4.78 is 19.9. The van der Waals surface area contributed by atoms with Gasteiger partial charge in [-0.15, -0.1) is 0 Å². The Morgan fingerprint density at radius 1 is 1.10 bits per heavy atom. The minimum Gasteiger partial charge on any atom is -0.497 e. The molecule has 7 nitrogen and oxygen atoms in total. The molecule has 3 aromatic carbocycles. The van der Waals surface area contributed by atoms with Crippen LogP contribution in [-0.2, 0) is 9.53 Å². The molecule has 1 aliphatic heterocycles. The van der Waals surface area contributed by atoms with Gasteiger partial charge in [0, 0.05) is 15.6 Å². The number of aromatic nitrogens is 1. The van der Waals surface area contributed by atoms with E-state index in [-0.39, 0.29) is 23.8 Å². The van der Waals surface area contributed by atoms with Crippen molar-refractivity contribution >= 4 is 45.0 Å². The van der Waals surface area contributed by atoms with Gasteiger partial charge in [-0.05, 0) is 62.7 Å². The number of hydrogen-bond acceptors (Lipinski definition) is 7. The van der Waals surface area contributed by atoms with Crippen LogP contribution in [0.25, 0.3) is 11.8 Å². The average molecular weight is 634 g/mol. The normalized spacial score (nSPS) is 15.0. The number of ether oxygens (including phenoxy) is 3. The number of esters is 1. The third-order valence-corrected chi connectivity index (χ3v) is 7.88. The lowest BCUT2D eigenvalue weighted by Crippen LogP contribution is -2.40. The van der Waals surface area contributed by atoms with Crippen LogP contribution in [0.15, 0.2) is 92.6 Å². The second kappa shape index (κ2) is 12.3. The van der Waals surface area contributed by atoms with E-state index in [1.165, 1.54) is 11.3 Å². The molecule has 210 valence electrons. The largest absolute Gasteiger partial charge is 0.497 e. The van der Waals surface area contributed by atoms with E-state index < -0.39 is 12.0 Å². The van der Waals surface area contributed by atoms with Gasteiger partial charge >= 0.3 is 5.97 Å². The molecule has 0 spiro atoms. The fraction of sp³-hybridized carbons (Fsp3) is 0.219. The molecule has 1 aliphatic rings. The van der Waals surface area contributed by atoms with Crippen LogP contribution >= 0.6 is 27.3 Å². The predicted octanol–water partition coefficient (Wildman–Crippen LogP) is 5.49. The lowest BCUT2D eigenvalue weighted by molar-refractivity contribution is -0.138. The maximum atomic E-state index is 14.2. The van der Waals surface area contributed by atoms with E-state index in [1.54, 1.807) is 18.6 Å². The Bertz CT molecular complexity index is 1810. The van der Waals surface area contributed by atoms with Crippen molar-refractivity contribution in [2.45, 2.75) is 32.9 Å². The monoisotopic (exact) mass is 632 g/mol. The van der Waals surface area contributed by atoms with Crippen LogP contribution in [0.5, 0.6) is 11.5 Å². The van der Waals surface area contributed by atoms with Crippen molar-refractivity contribution in [3.63, 3.8) is 0 Å². The number of hydrogen-bond donors (Lipinski definition) is 0. The highest BCUT2D eigenvalue weighted by Gasteiger charge is 2.35. The summed E-state index contributed by atoms with van der Waals surface area (Å²) in [6, 6.07) is 21.7. The Morgan fingerprint density at radius 2 is 1.88 bits per heavy atom. The smallest absolute Gasteiger partial charge is 0.338 e. The molecule has 0 bridgehead atoms. The first kappa shape index (κ1) is 28.6. The molecule has 0 aliphatic carbocycles. The van der Waals surface area contributed by atoms with Crippen molar-refractivity contribution < 1.29 is 19.0 Å². The highest BCUT2D eigenvalue weighted by atomic mass is 79.9. The van der Waals surface area contributed by atoms with Crippen LogP contribution in [-0.4, -0.2) is 30.4 Å². The zero-order chi connectivity index (χ0) is 29.1. The zero-order valence-corrected chi connectivity index (χ0v) is 25.5.